The molecule has 1 rings (SSSR count). The van der Waals surface area contributed by atoms with Crippen LogP contribution in [0, 0.1) is 0 Å². The number of anilines is 1. The molecule has 1 heterocycles. The van der Waals surface area contributed by atoms with Gasteiger partial charge in [0, 0.05) is 12.6 Å². The summed E-state index contributed by atoms with van der Waals surface area (Å²) in [5, 5.41) is 9.10. The molecule has 1 aromatic rings. The quantitative estimate of drug-likeness (QED) is 0.923. The number of hydrogen-bond acceptors (Lipinski definition) is 3. The maximum Gasteiger partial charge on any atom is 0.433 e. The van der Waals surface area contributed by atoms with Gasteiger partial charge in [0.15, 0.2) is 0 Å². The molecule has 0 aliphatic heterocycles. The van der Waals surface area contributed by atoms with Crippen LogP contribution in [0.2, 0.25) is 0 Å². The van der Waals surface area contributed by atoms with Gasteiger partial charge in [0.25, 0.3) is 0 Å². The summed E-state index contributed by atoms with van der Waals surface area (Å²) in [6, 6.07) is 1.62. The molecule has 0 fully saturated rings. The molecule has 0 aliphatic carbocycles. The second-order valence-electron chi connectivity index (χ2n) is 5.10. The van der Waals surface area contributed by atoms with Gasteiger partial charge in [-0.05, 0) is 32.4 Å². The van der Waals surface area contributed by atoms with E-state index in [0.717, 1.165) is 6.07 Å². The van der Waals surface area contributed by atoms with E-state index in [2.05, 4.69) is 4.98 Å². The van der Waals surface area contributed by atoms with E-state index >= 15 is 0 Å². The van der Waals surface area contributed by atoms with Crippen LogP contribution < -0.4 is 4.90 Å². The highest BCUT2D eigenvalue weighted by Crippen LogP contribution is 2.32. The summed E-state index contributed by atoms with van der Waals surface area (Å²) >= 11 is 0. The lowest BCUT2D eigenvalue weighted by atomic mass is 9.99. The lowest BCUT2D eigenvalue weighted by molar-refractivity contribution is -0.141. The van der Waals surface area contributed by atoms with Crippen LogP contribution in [-0.4, -0.2) is 28.6 Å². The van der Waals surface area contributed by atoms with E-state index in [1.165, 1.54) is 4.90 Å². The molecule has 0 amide bonds. The zero-order valence-corrected chi connectivity index (χ0v) is 11.7. The number of nitrogens with zero attached hydrogens (tertiary/aromatic N) is 2. The SMILES string of the molecule is CCC(C)(C)N(C)c1nc(C(F)(F)F)ccc1C(=O)O. The summed E-state index contributed by atoms with van der Waals surface area (Å²) in [6.45, 7) is 5.48. The summed E-state index contributed by atoms with van der Waals surface area (Å²) in [7, 11) is 1.54. The predicted molar refractivity (Wildman–Crippen MR) is 69.0 cm³/mol. The van der Waals surface area contributed by atoms with Crippen molar-refractivity contribution in [2.24, 2.45) is 0 Å². The van der Waals surface area contributed by atoms with Gasteiger partial charge in [-0.15, -0.1) is 0 Å². The molecule has 0 atom stereocenters. The molecule has 112 valence electrons. The molecule has 0 spiro atoms. The van der Waals surface area contributed by atoms with Crippen molar-refractivity contribution in [2.45, 2.75) is 38.9 Å². The molecule has 1 N–H and O–H groups in total. The molecule has 0 aliphatic rings. The second-order valence-corrected chi connectivity index (χ2v) is 5.10. The minimum Gasteiger partial charge on any atom is -0.478 e. The van der Waals surface area contributed by atoms with Crippen molar-refractivity contribution in [3.63, 3.8) is 0 Å². The average Bonchev–Trinajstić information content (AvgIpc) is 2.35. The second kappa shape index (κ2) is 5.30. The Morgan fingerprint density at radius 3 is 2.30 bits per heavy atom. The first-order valence-corrected chi connectivity index (χ1v) is 6.06. The van der Waals surface area contributed by atoms with Crippen LogP contribution >= 0.6 is 0 Å². The van der Waals surface area contributed by atoms with Crippen molar-refractivity contribution >= 4 is 11.8 Å². The summed E-state index contributed by atoms with van der Waals surface area (Å²) < 4.78 is 38.1. The minimum atomic E-state index is -4.61. The van der Waals surface area contributed by atoms with E-state index in [9.17, 15) is 18.0 Å². The number of carboxylic acids is 1. The summed E-state index contributed by atoms with van der Waals surface area (Å²) in [5.74, 6) is -1.49. The number of carbonyl (C=O) groups is 1. The van der Waals surface area contributed by atoms with Crippen molar-refractivity contribution < 1.29 is 23.1 Å². The highest BCUT2D eigenvalue weighted by atomic mass is 19.4. The van der Waals surface area contributed by atoms with E-state index in [1.54, 1.807) is 20.9 Å². The number of carboxylic acid groups (broad SMARTS) is 1. The van der Waals surface area contributed by atoms with E-state index in [0.29, 0.717) is 12.5 Å². The van der Waals surface area contributed by atoms with Crippen LogP contribution in [0.15, 0.2) is 12.1 Å². The first kappa shape index (κ1) is 16.3. The number of halogens is 3. The number of aromatic carboxylic acids is 1. The Labute approximate surface area is 115 Å². The molecule has 1 aromatic heterocycles. The highest BCUT2D eigenvalue weighted by Gasteiger charge is 2.35. The van der Waals surface area contributed by atoms with Gasteiger partial charge in [-0.1, -0.05) is 6.92 Å². The van der Waals surface area contributed by atoms with Gasteiger partial charge in [0.1, 0.15) is 17.1 Å². The van der Waals surface area contributed by atoms with Crippen LogP contribution in [0.1, 0.15) is 43.2 Å². The third-order valence-electron chi connectivity index (χ3n) is 3.49. The molecule has 4 nitrogen and oxygen atoms in total. The maximum atomic E-state index is 12.7. The third kappa shape index (κ3) is 3.20. The largest absolute Gasteiger partial charge is 0.478 e. The molecule has 0 unspecified atom stereocenters. The lowest BCUT2D eigenvalue weighted by Crippen LogP contribution is -2.42. The number of aromatic nitrogens is 1. The minimum absolute atomic E-state index is 0.181. The monoisotopic (exact) mass is 290 g/mol. The Morgan fingerprint density at radius 2 is 1.90 bits per heavy atom. The molecule has 0 aromatic carbocycles. The standard InChI is InChI=1S/C13H17F3N2O2/c1-5-12(2,3)18(4)10-8(11(19)20)6-7-9(17-10)13(14,15)16/h6-7H,5H2,1-4H3,(H,19,20). The average molecular weight is 290 g/mol. The van der Waals surface area contributed by atoms with Crippen molar-refractivity contribution in [3.05, 3.63) is 23.4 Å². The Bertz CT molecular complexity index is 513. The smallest absolute Gasteiger partial charge is 0.433 e. The van der Waals surface area contributed by atoms with Crippen molar-refractivity contribution in [1.82, 2.24) is 4.98 Å². The van der Waals surface area contributed by atoms with Gasteiger partial charge in [0.05, 0.1) is 0 Å². The zero-order valence-electron chi connectivity index (χ0n) is 11.7. The molecule has 0 bridgehead atoms. The van der Waals surface area contributed by atoms with Crippen LogP contribution in [0.4, 0.5) is 19.0 Å². The van der Waals surface area contributed by atoms with Crippen molar-refractivity contribution in [2.75, 3.05) is 11.9 Å². The molecule has 7 heteroatoms. The summed E-state index contributed by atoms with van der Waals surface area (Å²) in [4.78, 5) is 16.1. The van der Waals surface area contributed by atoms with E-state index in [4.69, 9.17) is 5.11 Å². The zero-order chi connectivity index (χ0) is 15.7. The maximum absolute atomic E-state index is 12.7. The van der Waals surface area contributed by atoms with Gasteiger partial charge in [-0.25, -0.2) is 9.78 Å². The summed E-state index contributed by atoms with van der Waals surface area (Å²) in [5.41, 5.74) is -1.86. The molecule has 0 radical (unpaired) electrons. The molecule has 0 saturated carbocycles. The fraction of sp³-hybridized carbons (Fsp3) is 0.538. The van der Waals surface area contributed by atoms with Crippen LogP contribution in [0.25, 0.3) is 0 Å². The van der Waals surface area contributed by atoms with Crippen LogP contribution in [0.3, 0.4) is 0 Å². The van der Waals surface area contributed by atoms with Gasteiger partial charge in [-0.2, -0.15) is 13.2 Å². The number of rotatable bonds is 4. The highest BCUT2D eigenvalue weighted by molar-refractivity contribution is 5.93. The fourth-order valence-electron chi connectivity index (χ4n) is 1.55. The normalized spacial score (nSPS) is 12.3. The van der Waals surface area contributed by atoms with Gasteiger partial charge in [-0.3, -0.25) is 0 Å². The molecular formula is C13H17F3N2O2. The topological polar surface area (TPSA) is 53.4 Å². The first-order chi connectivity index (χ1) is 9.00. The van der Waals surface area contributed by atoms with Gasteiger partial charge in [0.2, 0.25) is 0 Å². The Hall–Kier alpha value is -1.79. The number of hydrogen-bond donors (Lipinski definition) is 1. The third-order valence-corrected chi connectivity index (χ3v) is 3.49. The van der Waals surface area contributed by atoms with E-state index in [1.807, 2.05) is 6.92 Å². The van der Waals surface area contributed by atoms with Gasteiger partial charge >= 0.3 is 12.1 Å². The number of pyridine rings is 1. The van der Waals surface area contributed by atoms with Crippen LogP contribution in [-0.2, 0) is 6.18 Å². The van der Waals surface area contributed by atoms with E-state index in [-0.39, 0.29) is 11.4 Å². The van der Waals surface area contributed by atoms with Crippen molar-refractivity contribution in [3.8, 4) is 0 Å². The predicted octanol–water partition coefficient (Wildman–Crippen LogP) is 3.42. The molecular weight excluding hydrogens is 273 g/mol. The van der Waals surface area contributed by atoms with Crippen molar-refractivity contribution in [1.29, 1.82) is 0 Å². The Kier molecular flexibility index (Phi) is 4.31. The molecule has 20 heavy (non-hydrogen) atoms. The number of alkyl halides is 3. The van der Waals surface area contributed by atoms with Crippen LogP contribution in [0.5, 0.6) is 0 Å². The summed E-state index contributed by atoms with van der Waals surface area (Å²) in [6.07, 6.45) is -3.98. The Balaban J connectivity index is 3.44. The molecule has 0 saturated heterocycles. The van der Waals surface area contributed by atoms with Gasteiger partial charge < -0.3 is 10.0 Å². The first-order valence-electron chi connectivity index (χ1n) is 6.06. The van der Waals surface area contributed by atoms with E-state index < -0.39 is 23.4 Å². The fourth-order valence-corrected chi connectivity index (χ4v) is 1.55. The Morgan fingerprint density at radius 1 is 1.35 bits per heavy atom. The lowest BCUT2D eigenvalue weighted by Gasteiger charge is -2.36.